The van der Waals surface area contributed by atoms with Gasteiger partial charge in [0.25, 0.3) is 0 Å². The molecule has 0 spiro atoms. The van der Waals surface area contributed by atoms with Gasteiger partial charge >= 0.3 is 0 Å². The van der Waals surface area contributed by atoms with Crippen molar-refractivity contribution in [1.29, 1.82) is 0 Å². The zero-order valence-corrected chi connectivity index (χ0v) is 17.4. The van der Waals surface area contributed by atoms with Crippen LogP contribution in [0.1, 0.15) is 10.4 Å². The minimum atomic E-state index is 0.646. The van der Waals surface area contributed by atoms with Crippen molar-refractivity contribution in [3.05, 3.63) is 80.2 Å². The van der Waals surface area contributed by atoms with Gasteiger partial charge in [-0.2, -0.15) is 0 Å². The molecule has 7 heteroatoms. The molecule has 4 nitrogen and oxygen atoms in total. The Bertz CT molecular complexity index is 1080. The molecule has 0 amide bonds. The largest absolute Gasteiger partial charge is 0.380 e. The molecule has 0 aliphatic rings. The molecule has 2 N–H and O–H groups in total. The number of rotatable bonds is 6. The van der Waals surface area contributed by atoms with Crippen molar-refractivity contribution in [2.45, 2.75) is 13.1 Å². The van der Waals surface area contributed by atoms with E-state index in [1.54, 1.807) is 17.7 Å². The van der Waals surface area contributed by atoms with Gasteiger partial charge in [-0.25, -0.2) is 9.97 Å². The molecule has 0 unspecified atom stereocenters. The highest BCUT2D eigenvalue weighted by Crippen LogP contribution is 2.26. The van der Waals surface area contributed by atoms with E-state index in [2.05, 4.69) is 54.7 Å². The number of fused-ring (bicyclic) bond motifs is 1. The van der Waals surface area contributed by atoms with Gasteiger partial charge in [-0.3, -0.25) is 0 Å². The zero-order valence-electron chi connectivity index (χ0n) is 14.2. The summed E-state index contributed by atoms with van der Waals surface area (Å²) in [5.41, 5.74) is 3.04. The molecular weight excluding hydrogens is 444 g/mol. The maximum Gasteiger partial charge on any atom is 0.137 e. The lowest BCUT2D eigenvalue weighted by molar-refractivity contribution is 1.10. The van der Waals surface area contributed by atoms with Gasteiger partial charge in [-0.1, -0.05) is 23.7 Å². The highest BCUT2D eigenvalue weighted by atomic mass is 79.9. The Morgan fingerprint density at radius 2 is 1.89 bits per heavy atom. The van der Waals surface area contributed by atoms with E-state index in [-0.39, 0.29) is 0 Å². The first-order chi connectivity index (χ1) is 13.2. The van der Waals surface area contributed by atoms with Crippen LogP contribution in [0.3, 0.4) is 0 Å². The molecule has 27 heavy (non-hydrogen) atoms. The lowest BCUT2D eigenvalue weighted by Crippen LogP contribution is -2.03. The summed E-state index contributed by atoms with van der Waals surface area (Å²) < 4.78 is 1.14. The fourth-order valence-corrected chi connectivity index (χ4v) is 4.41. The molecule has 4 aromatic rings. The van der Waals surface area contributed by atoms with Gasteiger partial charge in [-0.15, -0.1) is 11.3 Å². The molecule has 2 heterocycles. The van der Waals surface area contributed by atoms with Crippen molar-refractivity contribution in [3.8, 4) is 0 Å². The van der Waals surface area contributed by atoms with E-state index in [0.29, 0.717) is 6.54 Å². The summed E-state index contributed by atoms with van der Waals surface area (Å²) in [6.07, 6.45) is 1.58. The Kier molecular flexibility index (Phi) is 5.57. The number of halogens is 2. The van der Waals surface area contributed by atoms with Crippen molar-refractivity contribution in [3.63, 3.8) is 0 Å². The van der Waals surface area contributed by atoms with Crippen LogP contribution in [0.2, 0.25) is 5.02 Å². The lowest BCUT2D eigenvalue weighted by atomic mass is 10.2. The number of anilines is 2. The number of thiophene rings is 1. The van der Waals surface area contributed by atoms with Gasteiger partial charge in [0.15, 0.2) is 0 Å². The van der Waals surface area contributed by atoms with E-state index in [1.165, 1.54) is 4.88 Å². The number of benzene rings is 2. The summed E-state index contributed by atoms with van der Waals surface area (Å²) in [6, 6.07) is 18.1. The van der Waals surface area contributed by atoms with Crippen molar-refractivity contribution >= 4 is 61.3 Å². The molecule has 4 rings (SSSR count). The summed E-state index contributed by atoms with van der Waals surface area (Å²) in [4.78, 5) is 10.1. The molecule has 0 saturated carbocycles. The van der Waals surface area contributed by atoms with E-state index in [0.717, 1.165) is 43.3 Å². The van der Waals surface area contributed by atoms with Crippen molar-refractivity contribution < 1.29 is 0 Å². The molecule has 0 atom stereocenters. The molecule has 2 aromatic heterocycles. The Balaban J connectivity index is 1.53. The molecule has 0 radical (unpaired) electrons. The number of aromatic nitrogens is 2. The van der Waals surface area contributed by atoms with Gasteiger partial charge in [0.05, 0.1) is 9.30 Å². The highest BCUT2D eigenvalue weighted by Gasteiger charge is 2.06. The van der Waals surface area contributed by atoms with Crippen LogP contribution < -0.4 is 10.6 Å². The Hall–Kier alpha value is -2.15. The Labute approximate surface area is 174 Å². The molecular formula is C20H16BrClN4S. The Morgan fingerprint density at radius 1 is 0.963 bits per heavy atom. The van der Waals surface area contributed by atoms with E-state index in [4.69, 9.17) is 11.6 Å². The van der Waals surface area contributed by atoms with Crippen LogP contribution in [-0.4, -0.2) is 9.97 Å². The first-order valence-corrected chi connectivity index (χ1v) is 10.4. The normalized spacial score (nSPS) is 10.9. The first kappa shape index (κ1) is 18.2. The number of nitrogens with zero attached hydrogens (tertiary/aromatic N) is 2. The Morgan fingerprint density at radius 3 is 2.70 bits per heavy atom. The predicted octanol–water partition coefficient (Wildman–Crippen LogP) is 6.33. The van der Waals surface area contributed by atoms with Crippen molar-refractivity contribution in [2.24, 2.45) is 0 Å². The van der Waals surface area contributed by atoms with E-state index < -0.39 is 0 Å². The number of nitrogens with one attached hydrogen (secondary N) is 2. The second-order valence-electron chi connectivity index (χ2n) is 6.00. The van der Waals surface area contributed by atoms with Gasteiger partial charge in [0.2, 0.25) is 0 Å². The third-order valence-electron chi connectivity index (χ3n) is 4.08. The first-order valence-electron chi connectivity index (χ1n) is 8.38. The fourth-order valence-electron chi connectivity index (χ4n) is 2.78. The third-order valence-corrected chi connectivity index (χ3v) is 5.94. The van der Waals surface area contributed by atoms with Crippen LogP contribution in [0.4, 0.5) is 11.5 Å². The summed E-state index contributed by atoms with van der Waals surface area (Å²) in [7, 11) is 0. The van der Waals surface area contributed by atoms with Crippen LogP contribution in [0.5, 0.6) is 0 Å². The highest BCUT2D eigenvalue weighted by molar-refractivity contribution is 9.11. The molecule has 0 bridgehead atoms. The summed E-state index contributed by atoms with van der Waals surface area (Å²) >= 11 is 11.3. The standard InChI is InChI=1S/C20H16BrClN4S/c21-19-7-5-16(27-19)11-23-15-4-6-18-17(9-15)20(26-12-25-18)24-10-13-2-1-3-14(22)8-13/h1-9,12,23H,10-11H2,(H,24,25,26). The SMILES string of the molecule is Clc1cccc(CNc2ncnc3ccc(NCc4ccc(Br)s4)cc23)c1. The summed E-state index contributed by atoms with van der Waals surface area (Å²) in [5, 5.41) is 8.57. The lowest BCUT2D eigenvalue weighted by Gasteiger charge is -2.11. The smallest absolute Gasteiger partial charge is 0.137 e. The minimum Gasteiger partial charge on any atom is -0.380 e. The number of hydrogen-bond donors (Lipinski definition) is 2. The third kappa shape index (κ3) is 4.58. The molecule has 0 aliphatic heterocycles. The second-order valence-corrected chi connectivity index (χ2v) is 8.98. The second kappa shape index (κ2) is 8.25. The average Bonchev–Trinajstić information content (AvgIpc) is 3.10. The average molecular weight is 460 g/mol. The van der Waals surface area contributed by atoms with Crippen LogP contribution in [-0.2, 0) is 13.1 Å². The summed E-state index contributed by atoms with van der Waals surface area (Å²) in [6.45, 7) is 1.42. The fraction of sp³-hybridized carbons (Fsp3) is 0.100. The van der Waals surface area contributed by atoms with E-state index in [1.807, 2.05) is 36.4 Å². The quantitative estimate of drug-likeness (QED) is 0.354. The maximum absolute atomic E-state index is 6.07. The van der Waals surface area contributed by atoms with Gasteiger partial charge in [0.1, 0.15) is 12.1 Å². The van der Waals surface area contributed by atoms with Crippen molar-refractivity contribution in [2.75, 3.05) is 10.6 Å². The zero-order chi connectivity index (χ0) is 18.6. The number of hydrogen-bond acceptors (Lipinski definition) is 5. The van der Waals surface area contributed by atoms with Gasteiger partial charge in [0, 0.05) is 34.1 Å². The van der Waals surface area contributed by atoms with Crippen LogP contribution >= 0.6 is 38.9 Å². The predicted molar refractivity (Wildman–Crippen MR) is 118 cm³/mol. The van der Waals surface area contributed by atoms with Crippen LogP contribution in [0.25, 0.3) is 10.9 Å². The van der Waals surface area contributed by atoms with E-state index in [9.17, 15) is 0 Å². The monoisotopic (exact) mass is 458 g/mol. The summed E-state index contributed by atoms with van der Waals surface area (Å²) in [5.74, 6) is 0.808. The van der Waals surface area contributed by atoms with Gasteiger partial charge < -0.3 is 10.6 Å². The molecule has 0 saturated heterocycles. The molecule has 136 valence electrons. The van der Waals surface area contributed by atoms with Crippen LogP contribution in [0.15, 0.2) is 64.7 Å². The molecule has 2 aromatic carbocycles. The van der Waals surface area contributed by atoms with Gasteiger partial charge in [-0.05, 0) is 64.0 Å². The van der Waals surface area contributed by atoms with Crippen LogP contribution in [0, 0.1) is 0 Å². The topological polar surface area (TPSA) is 49.8 Å². The molecule has 0 fully saturated rings. The minimum absolute atomic E-state index is 0.646. The van der Waals surface area contributed by atoms with E-state index >= 15 is 0 Å². The molecule has 0 aliphatic carbocycles. The maximum atomic E-state index is 6.07. The van der Waals surface area contributed by atoms with Crippen molar-refractivity contribution in [1.82, 2.24) is 9.97 Å².